The largest absolute Gasteiger partial charge is 0.368 e. The van der Waals surface area contributed by atoms with Gasteiger partial charge in [-0.15, -0.1) is 11.3 Å². The maximum absolute atomic E-state index is 13.6. The number of likely N-dealkylation sites (tertiary alicyclic amines) is 1. The van der Waals surface area contributed by atoms with Crippen molar-refractivity contribution < 1.29 is 14.3 Å². The number of rotatable bonds is 8. The Morgan fingerprint density at radius 2 is 1.84 bits per heavy atom. The van der Waals surface area contributed by atoms with Crippen molar-refractivity contribution in [3.63, 3.8) is 0 Å². The number of aromatic nitrogens is 5. The Hall–Kier alpha value is -4.72. The summed E-state index contributed by atoms with van der Waals surface area (Å²) in [7, 11) is 1.56. The smallest absolute Gasteiger partial charge is 0.258 e. The van der Waals surface area contributed by atoms with Crippen LogP contribution in [0, 0.1) is 0 Å². The highest BCUT2D eigenvalue weighted by atomic mass is 32.1. The minimum absolute atomic E-state index is 0.0690. The third-order valence-electron chi connectivity index (χ3n) is 8.65. The number of nitrogens with zero attached hydrogens (tertiary/aromatic N) is 7. The van der Waals surface area contributed by atoms with Gasteiger partial charge >= 0.3 is 0 Å². The van der Waals surface area contributed by atoms with Gasteiger partial charge in [0, 0.05) is 87.3 Å². The summed E-state index contributed by atoms with van der Waals surface area (Å²) in [5.41, 5.74) is 5.15. The third-order valence-corrected chi connectivity index (χ3v) is 9.43. The predicted octanol–water partition coefficient (Wildman–Crippen LogP) is 3.52. The zero-order valence-corrected chi connectivity index (χ0v) is 25.7. The highest BCUT2D eigenvalue weighted by Gasteiger charge is 2.45. The molecule has 2 aliphatic rings. The number of hydrogen-bond acceptors (Lipinski definition) is 10. The Labute approximate surface area is 264 Å². The fourth-order valence-corrected chi connectivity index (χ4v) is 6.69. The number of methoxy groups -OCH3 is 1. The van der Waals surface area contributed by atoms with Gasteiger partial charge in [-0.25, -0.2) is 9.97 Å². The van der Waals surface area contributed by atoms with Crippen LogP contribution in [0.2, 0.25) is 0 Å². The number of ether oxygens (including phenoxy) is 1. The van der Waals surface area contributed by atoms with E-state index in [1.165, 1.54) is 11.3 Å². The lowest BCUT2D eigenvalue weighted by Gasteiger charge is -2.37. The normalized spacial score (nSPS) is 18.9. The van der Waals surface area contributed by atoms with E-state index in [1.54, 1.807) is 37.3 Å². The maximum Gasteiger partial charge on any atom is 0.258 e. The van der Waals surface area contributed by atoms with E-state index in [0.29, 0.717) is 44.1 Å². The monoisotopic (exact) mass is 623 g/mol. The van der Waals surface area contributed by atoms with E-state index >= 15 is 0 Å². The summed E-state index contributed by atoms with van der Waals surface area (Å²) in [5.74, 6) is 0.550. The van der Waals surface area contributed by atoms with Crippen molar-refractivity contribution in [2.45, 2.75) is 12.0 Å². The molecule has 2 fully saturated rings. The summed E-state index contributed by atoms with van der Waals surface area (Å²) < 4.78 is 5.83. The summed E-state index contributed by atoms with van der Waals surface area (Å²) in [6.45, 7) is 3.99. The summed E-state index contributed by atoms with van der Waals surface area (Å²) in [5, 5.41) is 11.4. The van der Waals surface area contributed by atoms with Crippen molar-refractivity contribution in [3.05, 3.63) is 72.6 Å². The van der Waals surface area contributed by atoms with Gasteiger partial charge in [0.25, 0.3) is 5.91 Å². The molecule has 5 aromatic rings. The van der Waals surface area contributed by atoms with Crippen molar-refractivity contribution in [1.82, 2.24) is 34.9 Å². The lowest BCUT2D eigenvalue weighted by atomic mass is 10.0. The summed E-state index contributed by atoms with van der Waals surface area (Å²) in [6.07, 6.45) is 5.76. The van der Waals surface area contributed by atoms with E-state index in [2.05, 4.69) is 47.5 Å². The molecule has 230 valence electrons. The molecule has 2 saturated heterocycles. The molecule has 2 amide bonds. The van der Waals surface area contributed by atoms with E-state index < -0.39 is 5.60 Å². The van der Waals surface area contributed by atoms with Crippen molar-refractivity contribution in [2.75, 3.05) is 63.1 Å². The standard InChI is InChI=1S/C32H33N9O3S/c1-44-32(31(43)36-23-5-8-26-25(17-23)29(38-37-26)27-18-33-21-45-27)9-12-39(20-32)19-28(42)41-15-13-40(14-16-41)24-6-3-22(4-7-24)30-34-10-2-11-35-30/h2-8,10-11,17-18,21H,9,12-16,19-20H2,1H3,(H,36,43)(H,37,38). The van der Waals surface area contributed by atoms with Crippen LogP contribution < -0.4 is 10.2 Å². The van der Waals surface area contributed by atoms with Gasteiger partial charge in [0.05, 0.1) is 22.4 Å². The Morgan fingerprint density at radius 1 is 1.04 bits per heavy atom. The number of carbonyl (C=O) groups is 2. The van der Waals surface area contributed by atoms with Crippen LogP contribution in [0.4, 0.5) is 11.4 Å². The highest BCUT2D eigenvalue weighted by Crippen LogP contribution is 2.32. The van der Waals surface area contributed by atoms with Crippen LogP contribution in [-0.2, 0) is 14.3 Å². The molecule has 0 bridgehead atoms. The first-order chi connectivity index (χ1) is 22.0. The number of piperazine rings is 1. The first kappa shape index (κ1) is 29.0. The van der Waals surface area contributed by atoms with Crippen molar-refractivity contribution >= 4 is 45.4 Å². The van der Waals surface area contributed by atoms with Crippen molar-refractivity contribution in [2.24, 2.45) is 0 Å². The van der Waals surface area contributed by atoms with E-state index in [-0.39, 0.29) is 18.4 Å². The Kier molecular flexibility index (Phi) is 7.96. The van der Waals surface area contributed by atoms with Crippen LogP contribution in [0.1, 0.15) is 6.42 Å². The number of benzene rings is 2. The molecular formula is C32H33N9O3S. The number of H-pyrrole nitrogens is 1. The number of carbonyl (C=O) groups excluding carboxylic acids is 2. The lowest BCUT2D eigenvalue weighted by molar-refractivity contribution is -0.138. The molecule has 0 radical (unpaired) electrons. The fourth-order valence-electron chi connectivity index (χ4n) is 6.07. The van der Waals surface area contributed by atoms with Crippen molar-refractivity contribution in [1.29, 1.82) is 0 Å². The first-order valence-electron chi connectivity index (χ1n) is 14.9. The second kappa shape index (κ2) is 12.3. The maximum atomic E-state index is 13.6. The Balaban J connectivity index is 0.933. The molecule has 45 heavy (non-hydrogen) atoms. The summed E-state index contributed by atoms with van der Waals surface area (Å²) >= 11 is 1.51. The molecule has 12 nitrogen and oxygen atoms in total. The average molecular weight is 624 g/mol. The van der Waals surface area contributed by atoms with Gasteiger partial charge in [-0.3, -0.25) is 24.6 Å². The first-order valence-corrected chi connectivity index (χ1v) is 15.8. The molecule has 2 aromatic carbocycles. The molecule has 7 rings (SSSR count). The van der Waals surface area contributed by atoms with E-state index in [4.69, 9.17) is 4.74 Å². The van der Waals surface area contributed by atoms with Gasteiger partial charge in [0.2, 0.25) is 5.91 Å². The minimum Gasteiger partial charge on any atom is -0.368 e. The van der Waals surface area contributed by atoms with Crippen LogP contribution in [0.5, 0.6) is 0 Å². The van der Waals surface area contributed by atoms with E-state index in [9.17, 15) is 9.59 Å². The number of anilines is 2. The molecule has 1 unspecified atom stereocenters. The Bertz CT molecular complexity index is 1790. The van der Waals surface area contributed by atoms with Gasteiger partial charge < -0.3 is 19.9 Å². The van der Waals surface area contributed by atoms with Gasteiger partial charge in [-0.2, -0.15) is 5.10 Å². The topological polar surface area (TPSA) is 132 Å². The molecule has 0 spiro atoms. The molecule has 2 aliphatic heterocycles. The molecule has 0 aliphatic carbocycles. The van der Waals surface area contributed by atoms with Crippen LogP contribution >= 0.6 is 11.3 Å². The number of aromatic amines is 1. The van der Waals surface area contributed by atoms with E-state index in [0.717, 1.165) is 45.8 Å². The van der Waals surface area contributed by atoms with E-state index in [1.807, 2.05) is 40.1 Å². The zero-order chi connectivity index (χ0) is 30.8. The van der Waals surface area contributed by atoms with Gasteiger partial charge in [-0.1, -0.05) is 0 Å². The lowest BCUT2D eigenvalue weighted by Crippen LogP contribution is -2.52. The van der Waals surface area contributed by atoms with Crippen LogP contribution in [0.3, 0.4) is 0 Å². The molecule has 1 atom stereocenters. The second-order valence-corrected chi connectivity index (χ2v) is 12.2. The van der Waals surface area contributed by atoms with Gasteiger partial charge in [0.1, 0.15) is 5.69 Å². The molecule has 0 saturated carbocycles. The number of thiazole rings is 1. The Morgan fingerprint density at radius 3 is 2.58 bits per heavy atom. The minimum atomic E-state index is -1.04. The number of fused-ring (bicyclic) bond motifs is 1. The van der Waals surface area contributed by atoms with Crippen LogP contribution in [0.25, 0.3) is 32.9 Å². The molecular weight excluding hydrogens is 590 g/mol. The number of nitrogens with one attached hydrogen (secondary N) is 2. The summed E-state index contributed by atoms with van der Waals surface area (Å²) in [4.78, 5) is 46.8. The predicted molar refractivity (Wildman–Crippen MR) is 173 cm³/mol. The van der Waals surface area contributed by atoms with Gasteiger partial charge in [0.15, 0.2) is 11.4 Å². The molecule has 3 aromatic heterocycles. The average Bonchev–Trinajstić information content (AvgIpc) is 3.86. The van der Waals surface area contributed by atoms with Crippen LogP contribution in [-0.4, -0.2) is 105 Å². The highest BCUT2D eigenvalue weighted by molar-refractivity contribution is 7.13. The summed E-state index contributed by atoms with van der Waals surface area (Å²) in [6, 6.07) is 15.7. The quantitative estimate of drug-likeness (QED) is 0.266. The fraction of sp³-hybridized carbons (Fsp3) is 0.312. The number of hydrogen-bond donors (Lipinski definition) is 2. The third kappa shape index (κ3) is 5.89. The molecule has 13 heteroatoms. The van der Waals surface area contributed by atoms with Crippen molar-refractivity contribution in [3.8, 4) is 22.0 Å². The zero-order valence-electron chi connectivity index (χ0n) is 24.8. The van der Waals surface area contributed by atoms with Crippen LogP contribution in [0.15, 0.2) is 72.6 Å². The number of amides is 2. The molecule has 5 heterocycles. The van der Waals surface area contributed by atoms with Gasteiger partial charge in [-0.05, 0) is 55.0 Å². The SMILES string of the molecule is COC1(C(=O)Nc2ccc3[nH]nc(-c4cncs4)c3c2)CCN(CC(=O)N2CCN(c3ccc(-c4ncccn4)cc3)CC2)C1. The molecule has 2 N–H and O–H groups in total. The second-order valence-electron chi connectivity index (χ2n) is 11.3.